The number of carbonyl (C=O) groups excluding carboxylic acids is 2. The van der Waals surface area contributed by atoms with Gasteiger partial charge in [-0.05, 0) is 36.8 Å². The third-order valence-corrected chi connectivity index (χ3v) is 5.21. The van der Waals surface area contributed by atoms with Crippen LogP contribution in [0.25, 0.3) is 0 Å². The van der Waals surface area contributed by atoms with Crippen LogP contribution in [0.5, 0.6) is 0 Å². The van der Waals surface area contributed by atoms with E-state index in [1.165, 1.54) is 23.1 Å². The molecule has 1 aliphatic heterocycles. The van der Waals surface area contributed by atoms with Gasteiger partial charge in [-0.2, -0.15) is 0 Å². The molecule has 27 heavy (non-hydrogen) atoms. The van der Waals surface area contributed by atoms with Crippen LogP contribution in [0.15, 0.2) is 30.3 Å². The molecule has 0 bridgehead atoms. The molecule has 2 amide bonds. The normalized spacial score (nSPS) is 16.8. The summed E-state index contributed by atoms with van der Waals surface area (Å²) >= 11 is 1.09. The lowest BCUT2D eigenvalue weighted by atomic mass is 10.2. The molecule has 2 heterocycles. The quantitative estimate of drug-likeness (QED) is 0.833. The highest BCUT2D eigenvalue weighted by Crippen LogP contribution is 2.29. The Morgan fingerprint density at radius 2 is 2.11 bits per heavy atom. The number of carboxylic acid groups (broad SMARTS) is 1. The molecule has 7 nitrogen and oxygen atoms in total. The number of ether oxygens (including phenoxy) is 1. The summed E-state index contributed by atoms with van der Waals surface area (Å²) in [6.07, 6.45) is -1.05. The van der Waals surface area contributed by atoms with Crippen LogP contribution in [0, 0.1) is 12.7 Å². The number of aliphatic carboxylic acids is 1. The van der Waals surface area contributed by atoms with Crippen LogP contribution in [0.4, 0.5) is 9.39 Å². The van der Waals surface area contributed by atoms with Gasteiger partial charge in [0.15, 0.2) is 6.10 Å². The molecule has 0 aliphatic carbocycles. The average Bonchev–Trinajstić information content (AvgIpc) is 3.01. The molecule has 2 aromatic rings. The molecule has 0 spiro atoms. The fourth-order valence-corrected chi connectivity index (χ4v) is 3.73. The van der Waals surface area contributed by atoms with E-state index in [0.29, 0.717) is 22.0 Å². The van der Waals surface area contributed by atoms with Gasteiger partial charge in [0, 0.05) is 12.1 Å². The highest BCUT2D eigenvalue weighted by atomic mass is 32.1. The first kappa shape index (κ1) is 19.0. The van der Waals surface area contributed by atoms with Gasteiger partial charge >= 0.3 is 5.97 Å². The Hall–Kier alpha value is -2.78. The number of nitrogens with one attached hydrogen (secondary N) is 1. The highest BCUT2D eigenvalue weighted by Gasteiger charge is 2.30. The zero-order valence-electron chi connectivity index (χ0n) is 14.4. The lowest BCUT2D eigenvalue weighted by Gasteiger charge is -2.30. The largest absolute Gasteiger partial charge is 0.479 e. The van der Waals surface area contributed by atoms with E-state index >= 15 is 0 Å². The Balaban J connectivity index is 1.73. The molecular formula is C18H17FN2O5S. The van der Waals surface area contributed by atoms with E-state index < -0.39 is 23.8 Å². The van der Waals surface area contributed by atoms with E-state index in [9.17, 15) is 18.8 Å². The number of nitrogens with zero attached hydrogens (tertiary/aromatic N) is 1. The second-order valence-corrected chi connectivity index (χ2v) is 7.09. The van der Waals surface area contributed by atoms with Crippen LogP contribution in [-0.2, 0) is 9.53 Å². The molecule has 142 valence electrons. The number of carbonyl (C=O) groups is 3. The molecule has 1 atom stereocenters. The monoisotopic (exact) mass is 392 g/mol. The summed E-state index contributed by atoms with van der Waals surface area (Å²) in [4.78, 5) is 37.9. The highest BCUT2D eigenvalue weighted by molar-refractivity contribution is 7.18. The first-order valence-electron chi connectivity index (χ1n) is 8.16. The third-order valence-electron chi connectivity index (χ3n) is 4.06. The Labute approximate surface area is 158 Å². The van der Waals surface area contributed by atoms with Gasteiger partial charge in [0.1, 0.15) is 5.82 Å². The van der Waals surface area contributed by atoms with Crippen molar-refractivity contribution in [3.8, 4) is 0 Å². The van der Waals surface area contributed by atoms with Gasteiger partial charge in [-0.3, -0.25) is 9.59 Å². The van der Waals surface area contributed by atoms with Gasteiger partial charge in [-0.15, -0.1) is 11.3 Å². The number of hydrogen-bond donors (Lipinski definition) is 2. The summed E-state index contributed by atoms with van der Waals surface area (Å²) < 4.78 is 18.4. The van der Waals surface area contributed by atoms with Gasteiger partial charge in [-0.1, -0.05) is 6.07 Å². The summed E-state index contributed by atoms with van der Waals surface area (Å²) in [6.45, 7) is 2.15. The van der Waals surface area contributed by atoms with Crippen molar-refractivity contribution in [2.24, 2.45) is 0 Å². The number of amides is 2. The molecule has 1 saturated heterocycles. The van der Waals surface area contributed by atoms with Crippen LogP contribution in [0.3, 0.4) is 0 Å². The minimum atomic E-state index is -1.11. The summed E-state index contributed by atoms with van der Waals surface area (Å²) in [6, 6.07) is 6.96. The Kier molecular flexibility index (Phi) is 5.52. The molecule has 1 aromatic heterocycles. The Morgan fingerprint density at radius 3 is 2.81 bits per heavy atom. The standard InChI is InChI=1S/C18H17FN2O5S/c1-10-7-14(20-16(22)11-3-2-4-12(19)8-11)27-15(10)17(23)21-5-6-26-13(9-21)18(24)25/h2-4,7-8,13H,5-6,9H2,1H3,(H,20,22)(H,24,25). The maximum Gasteiger partial charge on any atom is 0.334 e. The predicted octanol–water partition coefficient (Wildman–Crippen LogP) is 2.37. The average molecular weight is 392 g/mol. The minimum Gasteiger partial charge on any atom is -0.479 e. The summed E-state index contributed by atoms with van der Waals surface area (Å²) in [5.74, 6) is -2.41. The first-order valence-corrected chi connectivity index (χ1v) is 8.98. The molecule has 1 unspecified atom stereocenters. The van der Waals surface area contributed by atoms with Crippen molar-refractivity contribution in [2.75, 3.05) is 25.0 Å². The van der Waals surface area contributed by atoms with Crippen molar-refractivity contribution in [3.63, 3.8) is 0 Å². The lowest BCUT2D eigenvalue weighted by Crippen LogP contribution is -2.48. The second kappa shape index (κ2) is 7.85. The van der Waals surface area contributed by atoms with Gasteiger partial charge in [0.05, 0.1) is 23.0 Å². The molecule has 3 rings (SSSR count). The van der Waals surface area contributed by atoms with Crippen LogP contribution >= 0.6 is 11.3 Å². The topological polar surface area (TPSA) is 95.9 Å². The molecule has 1 aliphatic rings. The van der Waals surface area contributed by atoms with Gasteiger partial charge in [0.2, 0.25) is 0 Å². The summed E-state index contributed by atoms with van der Waals surface area (Å²) in [5, 5.41) is 12.2. The molecular weight excluding hydrogens is 375 g/mol. The van der Waals surface area contributed by atoms with Crippen molar-refractivity contribution in [1.82, 2.24) is 4.90 Å². The maximum absolute atomic E-state index is 13.3. The van der Waals surface area contributed by atoms with E-state index in [-0.39, 0.29) is 24.6 Å². The zero-order chi connectivity index (χ0) is 19.6. The number of carboxylic acids is 1. The fraction of sp³-hybridized carbons (Fsp3) is 0.278. The van der Waals surface area contributed by atoms with E-state index in [1.807, 2.05) is 0 Å². The van der Waals surface area contributed by atoms with E-state index in [0.717, 1.165) is 17.4 Å². The number of aryl methyl sites for hydroxylation is 1. The van der Waals surface area contributed by atoms with Gasteiger partial charge < -0.3 is 20.1 Å². The molecule has 9 heteroatoms. The summed E-state index contributed by atoms with van der Waals surface area (Å²) in [7, 11) is 0. The predicted molar refractivity (Wildman–Crippen MR) is 96.7 cm³/mol. The van der Waals surface area contributed by atoms with Gasteiger partial charge in [-0.25, -0.2) is 9.18 Å². The van der Waals surface area contributed by atoms with Crippen molar-refractivity contribution in [2.45, 2.75) is 13.0 Å². The number of thiophene rings is 1. The minimum absolute atomic E-state index is 0.0313. The number of benzene rings is 1. The van der Waals surface area contributed by atoms with Crippen LogP contribution in [0.2, 0.25) is 0 Å². The van der Waals surface area contributed by atoms with Crippen LogP contribution in [0.1, 0.15) is 25.6 Å². The van der Waals surface area contributed by atoms with Crippen molar-refractivity contribution >= 4 is 34.1 Å². The molecule has 1 fully saturated rings. The number of halogens is 1. The van der Waals surface area contributed by atoms with Crippen molar-refractivity contribution in [3.05, 3.63) is 52.2 Å². The molecule has 2 N–H and O–H groups in total. The maximum atomic E-state index is 13.3. The second-order valence-electron chi connectivity index (χ2n) is 6.04. The molecule has 0 saturated carbocycles. The number of rotatable bonds is 4. The van der Waals surface area contributed by atoms with Crippen LogP contribution < -0.4 is 5.32 Å². The molecule has 0 radical (unpaired) electrons. The fourth-order valence-electron chi connectivity index (χ4n) is 2.70. The number of morpholine rings is 1. The third kappa shape index (κ3) is 4.32. The Morgan fingerprint density at radius 1 is 1.33 bits per heavy atom. The van der Waals surface area contributed by atoms with E-state index in [1.54, 1.807) is 13.0 Å². The van der Waals surface area contributed by atoms with E-state index in [2.05, 4.69) is 5.32 Å². The van der Waals surface area contributed by atoms with Gasteiger partial charge in [0.25, 0.3) is 11.8 Å². The Bertz CT molecular complexity index is 898. The molecule has 1 aromatic carbocycles. The van der Waals surface area contributed by atoms with Crippen molar-refractivity contribution < 1.29 is 28.6 Å². The number of hydrogen-bond acceptors (Lipinski definition) is 5. The lowest BCUT2D eigenvalue weighted by molar-refractivity contribution is -0.154. The first-order chi connectivity index (χ1) is 12.8. The SMILES string of the molecule is Cc1cc(NC(=O)c2cccc(F)c2)sc1C(=O)N1CCOC(C(=O)O)C1. The number of anilines is 1. The van der Waals surface area contributed by atoms with Crippen LogP contribution in [-0.4, -0.2) is 53.6 Å². The summed E-state index contributed by atoms with van der Waals surface area (Å²) in [5.41, 5.74) is 0.837. The van der Waals surface area contributed by atoms with E-state index in [4.69, 9.17) is 9.84 Å². The van der Waals surface area contributed by atoms with Crippen molar-refractivity contribution in [1.29, 1.82) is 0 Å². The smallest absolute Gasteiger partial charge is 0.334 e. The zero-order valence-corrected chi connectivity index (χ0v) is 15.2.